The lowest BCUT2D eigenvalue weighted by Crippen LogP contribution is -2.41. The molecule has 17 heavy (non-hydrogen) atoms. The Morgan fingerprint density at radius 3 is 2.65 bits per heavy atom. The number of likely N-dealkylation sites (N-methyl/N-ethyl adjacent to an activating group) is 1. The van der Waals surface area contributed by atoms with Gasteiger partial charge in [-0.3, -0.25) is 4.79 Å². The van der Waals surface area contributed by atoms with Gasteiger partial charge in [-0.2, -0.15) is 0 Å². The summed E-state index contributed by atoms with van der Waals surface area (Å²) in [6.07, 6.45) is 0. The Bertz CT molecular complexity index is 407. The molecule has 0 aliphatic heterocycles. The number of nitrogens with one attached hydrogen (secondary N) is 1. The molecule has 0 radical (unpaired) electrons. The lowest BCUT2D eigenvalue weighted by molar-refractivity contribution is -0.130. The molecule has 3 nitrogen and oxygen atoms in total. The van der Waals surface area contributed by atoms with Gasteiger partial charge in [0.15, 0.2) is 11.6 Å². The molecule has 0 heterocycles. The van der Waals surface area contributed by atoms with E-state index in [0.717, 1.165) is 6.07 Å². The van der Waals surface area contributed by atoms with Gasteiger partial charge < -0.3 is 10.2 Å². The van der Waals surface area contributed by atoms with Gasteiger partial charge in [-0.1, -0.05) is 12.1 Å². The lowest BCUT2D eigenvalue weighted by Gasteiger charge is -2.18. The Kier molecular flexibility index (Phi) is 4.57. The summed E-state index contributed by atoms with van der Waals surface area (Å²) in [5, 5.41) is 2.85. The van der Waals surface area contributed by atoms with E-state index in [1.165, 1.54) is 17.0 Å². The second kappa shape index (κ2) is 5.72. The van der Waals surface area contributed by atoms with Crippen molar-refractivity contribution in [2.75, 3.05) is 14.1 Å². The summed E-state index contributed by atoms with van der Waals surface area (Å²) in [6.45, 7) is 1.80. The first kappa shape index (κ1) is 13.6. The Morgan fingerprint density at radius 1 is 1.41 bits per heavy atom. The number of halogens is 2. The molecular weight excluding hydrogens is 226 g/mol. The van der Waals surface area contributed by atoms with Gasteiger partial charge in [0.05, 0.1) is 6.04 Å². The molecule has 0 fully saturated rings. The van der Waals surface area contributed by atoms with Crippen LogP contribution in [-0.4, -0.2) is 30.9 Å². The minimum Gasteiger partial charge on any atom is -0.347 e. The van der Waals surface area contributed by atoms with Gasteiger partial charge in [-0.25, -0.2) is 8.78 Å². The first-order chi connectivity index (χ1) is 7.93. The fourth-order valence-electron chi connectivity index (χ4n) is 1.42. The fraction of sp³-hybridized carbons (Fsp3) is 0.417. The van der Waals surface area contributed by atoms with Crippen LogP contribution in [-0.2, 0) is 11.3 Å². The third kappa shape index (κ3) is 3.49. The van der Waals surface area contributed by atoms with Crippen molar-refractivity contribution in [1.29, 1.82) is 0 Å². The summed E-state index contributed by atoms with van der Waals surface area (Å²) in [7, 11) is 3.28. The maximum absolute atomic E-state index is 13.3. The summed E-state index contributed by atoms with van der Waals surface area (Å²) in [4.78, 5) is 13.0. The maximum Gasteiger partial charge on any atom is 0.238 e. The number of rotatable bonds is 4. The molecule has 94 valence electrons. The number of hydrogen-bond donors (Lipinski definition) is 1. The quantitative estimate of drug-likeness (QED) is 0.868. The summed E-state index contributed by atoms with van der Waals surface area (Å²) in [5.41, 5.74) is 0.211. The highest BCUT2D eigenvalue weighted by molar-refractivity contribution is 5.80. The Morgan fingerprint density at radius 2 is 2.06 bits per heavy atom. The predicted molar refractivity (Wildman–Crippen MR) is 61.4 cm³/mol. The Labute approximate surface area is 99.4 Å². The topological polar surface area (TPSA) is 32.3 Å². The van der Waals surface area contributed by atoms with Crippen molar-refractivity contribution in [1.82, 2.24) is 10.2 Å². The molecule has 1 rings (SSSR count). The van der Waals surface area contributed by atoms with Crippen molar-refractivity contribution in [3.8, 4) is 0 Å². The predicted octanol–water partition coefficient (Wildman–Crippen LogP) is 1.53. The van der Waals surface area contributed by atoms with E-state index in [1.807, 2.05) is 0 Å². The van der Waals surface area contributed by atoms with Gasteiger partial charge in [0.25, 0.3) is 0 Å². The van der Waals surface area contributed by atoms with Crippen LogP contribution in [0.1, 0.15) is 12.5 Å². The first-order valence-electron chi connectivity index (χ1n) is 5.31. The van der Waals surface area contributed by atoms with Gasteiger partial charge in [0.2, 0.25) is 5.91 Å². The molecule has 0 aromatic heterocycles. The van der Waals surface area contributed by atoms with E-state index in [0.29, 0.717) is 0 Å². The number of benzene rings is 1. The van der Waals surface area contributed by atoms with Crippen LogP contribution in [0.5, 0.6) is 0 Å². The molecule has 1 amide bonds. The van der Waals surface area contributed by atoms with E-state index in [-0.39, 0.29) is 18.0 Å². The highest BCUT2D eigenvalue weighted by Gasteiger charge is 2.15. The second-order valence-corrected chi connectivity index (χ2v) is 4.05. The third-order valence-electron chi connectivity index (χ3n) is 2.44. The van der Waals surface area contributed by atoms with Crippen LogP contribution in [0.15, 0.2) is 18.2 Å². The molecule has 1 aromatic rings. The smallest absolute Gasteiger partial charge is 0.238 e. The summed E-state index contributed by atoms with van der Waals surface area (Å²) in [5.74, 6) is -1.86. The van der Waals surface area contributed by atoms with Crippen molar-refractivity contribution >= 4 is 5.91 Å². The van der Waals surface area contributed by atoms with E-state index in [2.05, 4.69) is 5.32 Å². The second-order valence-electron chi connectivity index (χ2n) is 4.05. The SMILES string of the molecule is CC(NCc1cccc(F)c1F)C(=O)N(C)C. The molecule has 0 aliphatic rings. The molecule has 1 aromatic carbocycles. The molecule has 1 atom stereocenters. The van der Waals surface area contributed by atoms with E-state index in [4.69, 9.17) is 0 Å². The van der Waals surface area contributed by atoms with Crippen LogP contribution < -0.4 is 5.32 Å². The molecule has 0 bridgehead atoms. The van der Waals surface area contributed by atoms with Gasteiger partial charge in [-0.15, -0.1) is 0 Å². The van der Waals surface area contributed by atoms with Crippen molar-refractivity contribution in [2.24, 2.45) is 0 Å². The first-order valence-corrected chi connectivity index (χ1v) is 5.31. The van der Waals surface area contributed by atoms with Crippen LogP contribution in [0.25, 0.3) is 0 Å². The highest BCUT2D eigenvalue weighted by atomic mass is 19.2. The maximum atomic E-state index is 13.3. The molecule has 1 N–H and O–H groups in total. The molecule has 0 aliphatic carbocycles. The van der Waals surface area contributed by atoms with Gasteiger partial charge >= 0.3 is 0 Å². The average Bonchev–Trinajstić information content (AvgIpc) is 2.29. The van der Waals surface area contributed by atoms with Crippen LogP contribution in [0.2, 0.25) is 0 Å². The van der Waals surface area contributed by atoms with Crippen molar-refractivity contribution in [3.63, 3.8) is 0 Å². The van der Waals surface area contributed by atoms with Crippen molar-refractivity contribution < 1.29 is 13.6 Å². The fourth-order valence-corrected chi connectivity index (χ4v) is 1.42. The number of hydrogen-bond acceptors (Lipinski definition) is 2. The van der Waals surface area contributed by atoms with Crippen LogP contribution in [0.3, 0.4) is 0 Å². The van der Waals surface area contributed by atoms with E-state index < -0.39 is 17.7 Å². The largest absolute Gasteiger partial charge is 0.347 e. The van der Waals surface area contributed by atoms with Gasteiger partial charge in [0.1, 0.15) is 0 Å². The van der Waals surface area contributed by atoms with E-state index in [1.54, 1.807) is 21.0 Å². The van der Waals surface area contributed by atoms with E-state index in [9.17, 15) is 13.6 Å². The van der Waals surface area contributed by atoms with Crippen molar-refractivity contribution in [2.45, 2.75) is 19.5 Å². The number of amides is 1. The summed E-state index contributed by atoms with van der Waals surface area (Å²) >= 11 is 0. The minimum absolute atomic E-state index is 0.109. The molecule has 0 saturated carbocycles. The summed E-state index contributed by atoms with van der Waals surface area (Å²) < 4.78 is 26.2. The highest BCUT2D eigenvalue weighted by Crippen LogP contribution is 2.11. The number of carbonyl (C=O) groups is 1. The third-order valence-corrected chi connectivity index (χ3v) is 2.44. The molecular formula is C12H16F2N2O. The molecule has 1 unspecified atom stereocenters. The Balaban J connectivity index is 2.62. The normalized spacial score (nSPS) is 12.3. The number of carbonyl (C=O) groups excluding carboxylic acids is 1. The van der Waals surface area contributed by atoms with Crippen LogP contribution in [0.4, 0.5) is 8.78 Å². The van der Waals surface area contributed by atoms with Crippen LogP contribution >= 0.6 is 0 Å². The monoisotopic (exact) mass is 242 g/mol. The zero-order valence-corrected chi connectivity index (χ0v) is 10.1. The molecule has 5 heteroatoms. The number of nitrogens with zero attached hydrogens (tertiary/aromatic N) is 1. The minimum atomic E-state index is -0.879. The van der Waals surface area contributed by atoms with Gasteiger partial charge in [0, 0.05) is 26.2 Å². The lowest BCUT2D eigenvalue weighted by atomic mass is 10.2. The zero-order valence-electron chi connectivity index (χ0n) is 10.1. The Hall–Kier alpha value is -1.49. The zero-order chi connectivity index (χ0) is 13.0. The average molecular weight is 242 g/mol. The molecule has 0 saturated heterocycles. The standard InChI is InChI=1S/C12H16F2N2O/c1-8(12(17)16(2)3)15-7-9-5-4-6-10(13)11(9)14/h4-6,8,15H,7H2,1-3H3. The summed E-state index contributed by atoms with van der Waals surface area (Å²) in [6, 6.07) is 3.55. The van der Waals surface area contributed by atoms with Gasteiger partial charge in [-0.05, 0) is 13.0 Å². The van der Waals surface area contributed by atoms with E-state index >= 15 is 0 Å². The van der Waals surface area contributed by atoms with Crippen LogP contribution in [0, 0.1) is 11.6 Å². The van der Waals surface area contributed by atoms with Crippen molar-refractivity contribution in [3.05, 3.63) is 35.4 Å². The molecule has 0 spiro atoms.